The maximum Gasteiger partial charge on any atom is 0.260 e. The van der Waals surface area contributed by atoms with Crippen LogP contribution in [0.4, 0.5) is 10.1 Å². The molecule has 3 fully saturated rings. The first-order valence-corrected chi connectivity index (χ1v) is 17.3. The van der Waals surface area contributed by atoms with Gasteiger partial charge in [0.15, 0.2) is 11.5 Å². The lowest BCUT2D eigenvalue weighted by Gasteiger charge is -2.50. The van der Waals surface area contributed by atoms with Gasteiger partial charge < -0.3 is 9.84 Å². The highest BCUT2D eigenvalue weighted by atomic mass is 127. The number of halogens is 3. The lowest BCUT2D eigenvalue weighted by Crippen LogP contribution is -2.53. The molecule has 2 N–H and O–H groups in total. The Kier molecular flexibility index (Phi) is 8.26. The first-order chi connectivity index (χ1) is 23.0. The van der Waals surface area contributed by atoms with E-state index in [1.165, 1.54) is 36.3 Å². The molecule has 9 nitrogen and oxygen atoms in total. The number of hydrazine groups is 1. The fourth-order valence-electron chi connectivity index (χ4n) is 8.46. The van der Waals surface area contributed by atoms with Crippen molar-refractivity contribution in [2.24, 2.45) is 23.7 Å². The number of phenols is 1. The van der Waals surface area contributed by atoms with Crippen LogP contribution in [0.5, 0.6) is 11.5 Å². The van der Waals surface area contributed by atoms with Gasteiger partial charge in [-0.25, -0.2) is 4.39 Å². The Labute approximate surface area is 295 Å². The summed E-state index contributed by atoms with van der Waals surface area (Å²) in [5.41, 5.74) is 3.70. The predicted molar refractivity (Wildman–Crippen MR) is 183 cm³/mol. The van der Waals surface area contributed by atoms with Crippen LogP contribution in [0.2, 0.25) is 5.02 Å². The summed E-state index contributed by atoms with van der Waals surface area (Å²) in [4.78, 5) is 58.7. The van der Waals surface area contributed by atoms with E-state index in [1.54, 1.807) is 36.4 Å². The van der Waals surface area contributed by atoms with Crippen molar-refractivity contribution < 1.29 is 33.4 Å². The summed E-state index contributed by atoms with van der Waals surface area (Å²) in [6.07, 6.45) is 3.05. The average molecular weight is 784 g/mol. The van der Waals surface area contributed by atoms with E-state index in [9.17, 15) is 23.9 Å². The summed E-state index contributed by atoms with van der Waals surface area (Å²) in [6.45, 7) is 2.23. The fourth-order valence-corrected chi connectivity index (χ4v) is 9.21. The van der Waals surface area contributed by atoms with Crippen LogP contribution in [0, 0.1) is 33.1 Å². The third-order valence-corrected chi connectivity index (χ3v) is 11.5. The molecule has 0 unspecified atom stereocenters. The van der Waals surface area contributed by atoms with Gasteiger partial charge in [-0.2, -0.15) is 5.01 Å². The minimum Gasteiger partial charge on any atom is -0.504 e. The predicted octanol–water partition coefficient (Wildman–Crippen LogP) is 6.19. The van der Waals surface area contributed by atoms with Crippen molar-refractivity contribution in [2.75, 3.05) is 19.1 Å². The lowest BCUT2D eigenvalue weighted by atomic mass is 9.49. The molecule has 6 atom stereocenters. The van der Waals surface area contributed by atoms with Crippen molar-refractivity contribution in [3.05, 3.63) is 97.8 Å². The highest BCUT2D eigenvalue weighted by molar-refractivity contribution is 14.1. The zero-order chi connectivity index (χ0) is 34.1. The van der Waals surface area contributed by atoms with Gasteiger partial charge in [0.05, 0.1) is 39.5 Å². The van der Waals surface area contributed by atoms with E-state index in [2.05, 4.69) is 5.43 Å². The van der Waals surface area contributed by atoms with Gasteiger partial charge in [-0.15, -0.1) is 0 Å². The van der Waals surface area contributed by atoms with Gasteiger partial charge in [-0.05, 0) is 107 Å². The number of hydrogen-bond donors (Lipinski definition) is 2. The molecule has 4 amide bonds. The zero-order valence-corrected chi connectivity index (χ0v) is 29.0. The number of carbonyl (C=O) groups excluding carboxylic acids is 4. The smallest absolute Gasteiger partial charge is 0.260 e. The second-order valence-electron chi connectivity index (χ2n) is 12.8. The summed E-state index contributed by atoms with van der Waals surface area (Å²) in [5.74, 6) is -5.37. The molecule has 0 radical (unpaired) electrons. The highest BCUT2D eigenvalue weighted by Crippen LogP contribution is 2.64. The molecular weight excluding hydrogens is 752 g/mol. The van der Waals surface area contributed by atoms with Gasteiger partial charge in [0.2, 0.25) is 11.8 Å². The molecule has 12 heteroatoms. The summed E-state index contributed by atoms with van der Waals surface area (Å²) in [5, 5.41) is 12.3. The van der Waals surface area contributed by atoms with Crippen molar-refractivity contribution in [3.63, 3.8) is 0 Å². The number of nitrogens with one attached hydrogen (secondary N) is 1. The normalized spacial score (nSPS) is 27.9. The molecule has 2 heterocycles. The third kappa shape index (κ3) is 4.75. The molecule has 4 aliphatic rings. The number of anilines is 1. The Bertz CT molecular complexity index is 1890. The van der Waals surface area contributed by atoms with Crippen molar-refractivity contribution in [1.29, 1.82) is 0 Å². The highest BCUT2D eigenvalue weighted by Gasteiger charge is 2.70. The number of imide groups is 2. The van der Waals surface area contributed by atoms with Gasteiger partial charge in [-0.3, -0.25) is 29.5 Å². The second-order valence-corrected chi connectivity index (χ2v) is 14.4. The van der Waals surface area contributed by atoms with Crippen LogP contribution in [-0.4, -0.2) is 52.3 Å². The van der Waals surface area contributed by atoms with Crippen LogP contribution in [0.15, 0.2) is 72.3 Å². The topological polar surface area (TPSA) is 116 Å². The Morgan fingerprint density at radius 2 is 1.73 bits per heavy atom. The first-order valence-electron chi connectivity index (χ1n) is 15.8. The largest absolute Gasteiger partial charge is 0.504 e. The van der Waals surface area contributed by atoms with Crippen molar-refractivity contribution in [1.82, 2.24) is 9.91 Å². The Morgan fingerprint density at radius 3 is 2.40 bits per heavy atom. The SMILES string of the molecule is CCCN1C(=O)[C@H]2[C@H](CC=C3[C@H]2C[C@H]2C(=O)N(Nc4ccc(F)cc4)C(=O)[C@@]2(c2ccc(Cl)cc2)[C@H]3c2cc(I)c(O)c(OC)c2)C1=O. The number of ether oxygens (including phenoxy) is 1. The van der Waals surface area contributed by atoms with Crippen LogP contribution in [0.1, 0.15) is 43.2 Å². The Balaban J connectivity index is 1.48. The molecule has 2 saturated heterocycles. The molecule has 2 aliphatic heterocycles. The molecule has 0 aromatic heterocycles. The maximum absolute atomic E-state index is 15.2. The molecule has 1 saturated carbocycles. The molecule has 7 rings (SSSR count). The average Bonchev–Trinajstić information content (AvgIpc) is 3.44. The minimum atomic E-state index is -1.52. The van der Waals surface area contributed by atoms with E-state index >= 15 is 4.79 Å². The van der Waals surface area contributed by atoms with Crippen molar-refractivity contribution in [3.8, 4) is 11.5 Å². The van der Waals surface area contributed by atoms with E-state index in [4.69, 9.17) is 16.3 Å². The third-order valence-electron chi connectivity index (χ3n) is 10.4. The van der Waals surface area contributed by atoms with E-state index < -0.39 is 52.6 Å². The molecule has 3 aromatic rings. The molecule has 3 aromatic carbocycles. The molecule has 48 heavy (non-hydrogen) atoms. The fraction of sp³-hybridized carbons (Fsp3) is 0.333. The number of phenolic OH excluding ortho intramolecular Hbond substituents is 1. The molecular formula is C36H32ClFIN3O6. The van der Waals surface area contributed by atoms with Gasteiger partial charge in [0.25, 0.3) is 11.8 Å². The molecule has 0 spiro atoms. The Hall–Kier alpha value is -3.97. The van der Waals surface area contributed by atoms with Crippen LogP contribution in [0.25, 0.3) is 0 Å². The Morgan fingerprint density at radius 1 is 1.02 bits per heavy atom. The minimum absolute atomic E-state index is 0.0656. The quantitative estimate of drug-likeness (QED) is 0.167. The summed E-state index contributed by atoms with van der Waals surface area (Å²) in [6, 6.07) is 15.6. The number of rotatable bonds is 7. The number of fused-ring (bicyclic) bond motifs is 4. The zero-order valence-electron chi connectivity index (χ0n) is 26.1. The van der Waals surface area contributed by atoms with Crippen LogP contribution < -0.4 is 10.2 Å². The van der Waals surface area contributed by atoms with Gasteiger partial charge >= 0.3 is 0 Å². The number of hydrogen-bond acceptors (Lipinski definition) is 7. The van der Waals surface area contributed by atoms with Crippen LogP contribution in [-0.2, 0) is 24.6 Å². The number of benzene rings is 3. The van der Waals surface area contributed by atoms with Gasteiger partial charge in [-0.1, -0.05) is 42.3 Å². The standard InChI is InChI=1S/C36H32ClFIN3O6/c1-3-14-41-32(44)24-13-12-23-25(29(24)34(41)46)17-26-33(45)42(40-22-10-8-21(38)9-11-22)35(47)36(26,19-4-6-20(37)7-5-19)30(23)18-15-27(39)31(43)28(16-18)48-2/h4-12,15-16,24-26,29-30,40,43H,3,13-14,17H2,1-2H3/t24-,25+,26-,29-,30-,36+/m0/s1. The number of amides is 4. The number of methoxy groups -OCH3 is 1. The number of nitrogens with zero attached hydrogens (tertiary/aromatic N) is 2. The monoisotopic (exact) mass is 783 g/mol. The van der Waals surface area contributed by atoms with E-state index in [0.29, 0.717) is 44.8 Å². The summed E-state index contributed by atoms with van der Waals surface area (Å²) in [7, 11) is 1.44. The van der Waals surface area contributed by atoms with Crippen LogP contribution in [0.3, 0.4) is 0 Å². The van der Waals surface area contributed by atoms with E-state index in [-0.39, 0.29) is 29.7 Å². The van der Waals surface area contributed by atoms with Crippen LogP contribution >= 0.6 is 34.2 Å². The maximum atomic E-state index is 15.2. The van der Waals surface area contributed by atoms with Gasteiger partial charge in [0, 0.05) is 17.5 Å². The lowest BCUT2D eigenvalue weighted by molar-refractivity contribution is -0.141. The molecule has 248 valence electrons. The number of allylic oxidation sites excluding steroid dienone is 2. The van der Waals surface area contributed by atoms with Gasteiger partial charge in [0.1, 0.15) is 5.82 Å². The number of likely N-dealkylation sites (tertiary alicyclic amines) is 1. The summed E-state index contributed by atoms with van der Waals surface area (Å²) >= 11 is 8.34. The van der Waals surface area contributed by atoms with E-state index in [1.807, 2.05) is 35.6 Å². The number of carbonyl (C=O) groups is 4. The van der Waals surface area contributed by atoms with Crippen molar-refractivity contribution >= 4 is 63.5 Å². The van der Waals surface area contributed by atoms with E-state index in [0.717, 1.165) is 10.6 Å². The van der Waals surface area contributed by atoms with Crippen molar-refractivity contribution in [2.45, 2.75) is 37.5 Å². The molecule has 2 aliphatic carbocycles. The number of aromatic hydroxyl groups is 1. The second kappa shape index (κ2) is 12.2. The molecule has 0 bridgehead atoms. The first kappa shape index (κ1) is 32.6. The summed E-state index contributed by atoms with van der Waals surface area (Å²) < 4.78 is 19.8.